The molecule has 0 aliphatic carbocycles. The van der Waals surface area contributed by atoms with E-state index in [1.807, 2.05) is 36.4 Å². The summed E-state index contributed by atoms with van der Waals surface area (Å²) in [6.07, 6.45) is 0.411. The standard InChI is InChI=1S/C20H25NO5/c1-23-12-14-10-17(24-2)19(18(11-14)25-3)15-7-5-13(6-8-15)9-16(21)20(22)26-4/h5-8,10-11,16H,9,12,21H2,1-4H3/t16-/m0/s1. The maximum Gasteiger partial charge on any atom is 0.322 e. The first-order valence-corrected chi connectivity index (χ1v) is 8.20. The van der Waals surface area contributed by atoms with Gasteiger partial charge in [0.05, 0.1) is 33.5 Å². The van der Waals surface area contributed by atoms with E-state index in [0.29, 0.717) is 24.5 Å². The topological polar surface area (TPSA) is 80.0 Å². The highest BCUT2D eigenvalue weighted by Gasteiger charge is 2.17. The fourth-order valence-corrected chi connectivity index (χ4v) is 2.80. The first kappa shape index (κ1) is 19.8. The number of esters is 1. The lowest BCUT2D eigenvalue weighted by Crippen LogP contribution is -2.33. The summed E-state index contributed by atoms with van der Waals surface area (Å²) < 4.78 is 21.0. The number of nitrogens with two attached hydrogens (primary N) is 1. The Morgan fingerprint density at radius 1 is 0.962 bits per heavy atom. The van der Waals surface area contributed by atoms with Crippen LogP contribution in [0.4, 0.5) is 0 Å². The zero-order valence-corrected chi connectivity index (χ0v) is 15.6. The van der Waals surface area contributed by atoms with Gasteiger partial charge in [0.15, 0.2) is 0 Å². The molecular weight excluding hydrogens is 334 g/mol. The van der Waals surface area contributed by atoms with Crippen LogP contribution in [-0.2, 0) is 27.3 Å². The van der Waals surface area contributed by atoms with Crippen LogP contribution in [-0.4, -0.2) is 40.5 Å². The highest BCUT2D eigenvalue weighted by molar-refractivity contribution is 5.78. The van der Waals surface area contributed by atoms with Crippen molar-refractivity contribution in [3.63, 3.8) is 0 Å². The van der Waals surface area contributed by atoms with E-state index in [4.69, 9.17) is 19.9 Å². The summed E-state index contributed by atoms with van der Waals surface area (Å²) >= 11 is 0. The van der Waals surface area contributed by atoms with Crippen LogP contribution in [0.25, 0.3) is 11.1 Å². The number of ether oxygens (including phenoxy) is 4. The van der Waals surface area contributed by atoms with Crippen molar-refractivity contribution in [1.82, 2.24) is 0 Å². The molecule has 6 nitrogen and oxygen atoms in total. The number of rotatable bonds is 8. The molecular formula is C20H25NO5. The molecule has 0 amide bonds. The van der Waals surface area contributed by atoms with Gasteiger partial charge in [-0.05, 0) is 35.2 Å². The molecule has 2 rings (SSSR count). The van der Waals surface area contributed by atoms with Gasteiger partial charge in [0.2, 0.25) is 0 Å². The second kappa shape index (κ2) is 9.22. The van der Waals surface area contributed by atoms with Crippen molar-refractivity contribution in [2.45, 2.75) is 19.1 Å². The molecule has 0 aliphatic heterocycles. The highest BCUT2D eigenvalue weighted by Crippen LogP contribution is 2.39. The maximum absolute atomic E-state index is 11.5. The van der Waals surface area contributed by atoms with Crippen LogP contribution in [0.1, 0.15) is 11.1 Å². The summed E-state index contributed by atoms with van der Waals surface area (Å²) in [6, 6.07) is 11.0. The van der Waals surface area contributed by atoms with Gasteiger partial charge in [-0.3, -0.25) is 4.79 Å². The Hall–Kier alpha value is -2.57. The SMILES string of the molecule is COCc1cc(OC)c(-c2ccc(C[C@H](N)C(=O)OC)cc2)c(OC)c1. The summed E-state index contributed by atoms with van der Waals surface area (Å²) in [7, 11) is 6.22. The molecule has 0 spiro atoms. The fraction of sp³-hybridized carbons (Fsp3) is 0.350. The number of methoxy groups -OCH3 is 4. The lowest BCUT2D eigenvalue weighted by molar-refractivity contribution is -0.142. The fourth-order valence-electron chi connectivity index (χ4n) is 2.80. The van der Waals surface area contributed by atoms with Crippen molar-refractivity contribution >= 4 is 5.97 Å². The Bertz CT molecular complexity index is 717. The molecule has 1 atom stereocenters. The van der Waals surface area contributed by atoms with Crippen molar-refractivity contribution in [2.75, 3.05) is 28.4 Å². The van der Waals surface area contributed by atoms with Crippen molar-refractivity contribution < 1.29 is 23.7 Å². The van der Waals surface area contributed by atoms with Crippen LogP contribution in [0.2, 0.25) is 0 Å². The monoisotopic (exact) mass is 359 g/mol. The van der Waals surface area contributed by atoms with Gasteiger partial charge in [0.25, 0.3) is 0 Å². The van der Waals surface area contributed by atoms with Crippen LogP contribution in [0, 0.1) is 0 Å². The molecule has 0 unspecified atom stereocenters. The highest BCUT2D eigenvalue weighted by atomic mass is 16.5. The molecule has 6 heteroatoms. The van der Waals surface area contributed by atoms with Crippen LogP contribution < -0.4 is 15.2 Å². The Balaban J connectivity index is 2.34. The first-order valence-electron chi connectivity index (χ1n) is 8.20. The van der Waals surface area contributed by atoms with Crippen LogP contribution in [0.5, 0.6) is 11.5 Å². The molecule has 0 saturated heterocycles. The van der Waals surface area contributed by atoms with E-state index in [9.17, 15) is 4.79 Å². The molecule has 0 aliphatic rings. The minimum atomic E-state index is -0.678. The van der Waals surface area contributed by atoms with E-state index in [0.717, 1.165) is 22.3 Å². The van der Waals surface area contributed by atoms with Crippen LogP contribution >= 0.6 is 0 Å². The number of hydrogen-bond acceptors (Lipinski definition) is 6. The van der Waals surface area contributed by atoms with E-state index in [-0.39, 0.29) is 0 Å². The minimum Gasteiger partial charge on any atom is -0.496 e. The summed E-state index contributed by atoms with van der Waals surface area (Å²) in [6.45, 7) is 0.470. The Morgan fingerprint density at radius 2 is 1.54 bits per heavy atom. The normalized spacial score (nSPS) is 11.7. The van der Waals surface area contributed by atoms with E-state index in [1.165, 1.54) is 7.11 Å². The largest absolute Gasteiger partial charge is 0.496 e. The van der Waals surface area contributed by atoms with E-state index >= 15 is 0 Å². The minimum absolute atomic E-state index is 0.411. The van der Waals surface area contributed by atoms with Gasteiger partial charge in [-0.2, -0.15) is 0 Å². The molecule has 0 heterocycles. The molecule has 140 valence electrons. The van der Waals surface area contributed by atoms with Gasteiger partial charge in [0, 0.05) is 7.11 Å². The van der Waals surface area contributed by atoms with Crippen molar-refractivity contribution in [3.8, 4) is 22.6 Å². The van der Waals surface area contributed by atoms with Gasteiger partial charge in [-0.25, -0.2) is 0 Å². The lowest BCUT2D eigenvalue weighted by Gasteiger charge is -2.16. The van der Waals surface area contributed by atoms with Crippen molar-refractivity contribution in [3.05, 3.63) is 47.5 Å². The number of benzene rings is 2. The predicted octanol–water partition coefficient (Wildman–Crippen LogP) is 2.56. The maximum atomic E-state index is 11.5. The number of carbonyl (C=O) groups excluding carboxylic acids is 1. The van der Waals surface area contributed by atoms with Gasteiger partial charge in [-0.15, -0.1) is 0 Å². The van der Waals surface area contributed by atoms with E-state index in [2.05, 4.69) is 4.74 Å². The number of carbonyl (C=O) groups is 1. The molecule has 0 aromatic heterocycles. The Kier molecular flexibility index (Phi) is 7.00. The zero-order chi connectivity index (χ0) is 19.1. The first-order chi connectivity index (χ1) is 12.5. The average Bonchev–Trinajstić information content (AvgIpc) is 2.67. The summed E-state index contributed by atoms with van der Waals surface area (Å²) in [4.78, 5) is 11.5. The van der Waals surface area contributed by atoms with Gasteiger partial charge in [0.1, 0.15) is 17.5 Å². The van der Waals surface area contributed by atoms with E-state index < -0.39 is 12.0 Å². The van der Waals surface area contributed by atoms with Crippen molar-refractivity contribution in [2.24, 2.45) is 5.73 Å². The third-order valence-corrected chi connectivity index (χ3v) is 4.08. The van der Waals surface area contributed by atoms with Crippen LogP contribution in [0.3, 0.4) is 0 Å². The number of hydrogen-bond donors (Lipinski definition) is 1. The third kappa shape index (κ3) is 4.53. The van der Waals surface area contributed by atoms with Gasteiger partial charge in [-0.1, -0.05) is 24.3 Å². The van der Waals surface area contributed by atoms with Crippen molar-refractivity contribution in [1.29, 1.82) is 0 Å². The van der Waals surface area contributed by atoms with Crippen LogP contribution in [0.15, 0.2) is 36.4 Å². The quantitative estimate of drug-likeness (QED) is 0.730. The third-order valence-electron chi connectivity index (χ3n) is 4.08. The molecule has 26 heavy (non-hydrogen) atoms. The smallest absolute Gasteiger partial charge is 0.322 e. The zero-order valence-electron chi connectivity index (χ0n) is 15.6. The predicted molar refractivity (Wildman–Crippen MR) is 99.4 cm³/mol. The molecule has 0 fully saturated rings. The average molecular weight is 359 g/mol. The summed E-state index contributed by atoms with van der Waals surface area (Å²) in [5.41, 5.74) is 9.53. The molecule has 0 radical (unpaired) electrons. The Labute approximate surface area is 153 Å². The molecule has 2 N–H and O–H groups in total. The molecule has 0 saturated carbocycles. The lowest BCUT2D eigenvalue weighted by atomic mass is 9.98. The second-order valence-electron chi connectivity index (χ2n) is 5.84. The van der Waals surface area contributed by atoms with E-state index in [1.54, 1.807) is 21.3 Å². The Morgan fingerprint density at radius 3 is 2.00 bits per heavy atom. The summed E-state index contributed by atoms with van der Waals surface area (Å²) in [5, 5.41) is 0. The summed E-state index contributed by atoms with van der Waals surface area (Å²) in [5.74, 6) is 0.983. The molecule has 0 bridgehead atoms. The molecule has 2 aromatic rings. The van der Waals surface area contributed by atoms with Gasteiger partial charge >= 0.3 is 5.97 Å². The second-order valence-corrected chi connectivity index (χ2v) is 5.84. The van der Waals surface area contributed by atoms with Gasteiger partial charge < -0.3 is 24.7 Å². The molecule has 2 aromatic carbocycles.